The molecule has 2 nitrogen and oxygen atoms in total. The van der Waals surface area contributed by atoms with Gasteiger partial charge in [-0.15, -0.1) is 0 Å². The van der Waals surface area contributed by atoms with Gasteiger partial charge in [-0.25, -0.2) is 0 Å². The van der Waals surface area contributed by atoms with Crippen LogP contribution in [0.5, 0.6) is 5.75 Å². The highest BCUT2D eigenvalue weighted by Gasteiger charge is 2.11. The van der Waals surface area contributed by atoms with Crippen LogP contribution in [0.3, 0.4) is 0 Å². The Morgan fingerprint density at radius 2 is 2.17 bits per heavy atom. The normalized spacial score (nSPS) is 9.92. The SMILES string of the molecule is CC(=O)c1ccc(Cl)c(Br)c1O. The number of rotatable bonds is 1. The molecule has 0 saturated heterocycles. The van der Waals surface area contributed by atoms with Gasteiger partial charge in [0, 0.05) is 0 Å². The van der Waals surface area contributed by atoms with Crippen molar-refractivity contribution in [2.45, 2.75) is 6.92 Å². The molecule has 0 aliphatic rings. The molecule has 4 heteroatoms. The van der Waals surface area contributed by atoms with Crippen LogP contribution in [-0.2, 0) is 0 Å². The number of benzene rings is 1. The summed E-state index contributed by atoms with van der Waals surface area (Å²) in [6, 6.07) is 3.05. The molecule has 0 fully saturated rings. The second-order valence-corrected chi connectivity index (χ2v) is 3.51. The molecule has 12 heavy (non-hydrogen) atoms. The summed E-state index contributed by atoms with van der Waals surface area (Å²) in [5, 5.41) is 9.78. The molecule has 0 aliphatic carbocycles. The van der Waals surface area contributed by atoms with E-state index in [-0.39, 0.29) is 17.1 Å². The van der Waals surface area contributed by atoms with Gasteiger partial charge in [-0.1, -0.05) is 11.6 Å². The molecule has 0 aromatic heterocycles. The second kappa shape index (κ2) is 3.46. The van der Waals surface area contributed by atoms with Crippen molar-refractivity contribution < 1.29 is 9.90 Å². The summed E-state index contributed by atoms with van der Waals surface area (Å²) >= 11 is 8.74. The smallest absolute Gasteiger partial charge is 0.163 e. The lowest BCUT2D eigenvalue weighted by molar-refractivity contribution is 0.101. The monoisotopic (exact) mass is 248 g/mol. The van der Waals surface area contributed by atoms with Crippen molar-refractivity contribution in [2.75, 3.05) is 0 Å². The summed E-state index contributed by atoms with van der Waals surface area (Å²) in [4.78, 5) is 10.9. The molecule has 1 aromatic carbocycles. The van der Waals surface area contributed by atoms with Gasteiger partial charge in [-0.2, -0.15) is 0 Å². The maximum atomic E-state index is 10.9. The Kier molecular flexibility index (Phi) is 2.75. The van der Waals surface area contributed by atoms with Crippen LogP contribution in [0.1, 0.15) is 17.3 Å². The maximum Gasteiger partial charge on any atom is 0.163 e. The Hall–Kier alpha value is -0.540. The first-order valence-electron chi connectivity index (χ1n) is 3.22. The Bertz CT molecular complexity index is 336. The van der Waals surface area contributed by atoms with Crippen LogP contribution in [0, 0.1) is 0 Å². The fourth-order valence-electron chi connectivity index (χ4n) is 0.824. The molecule has 0 spiro atoms. The molecule has 1 rings (SSSR count). The van der Waals surface area contributed by atoms with Crippen LogP contribution < -0.4 is 0 Å². The molecule has 0 bridgehead atoms. The number of Topliss-reactive ketones (excluding diaryl/α,β-unsaturated/α-hetero) is 1. The molecule has 0 heterocycles. The predicted octanol–water partition coefficient (Wildman–Crippen LogP) is 3.01. The minimum Gasteiger partial charge on any atom is -0.506 e. The highest BCUT2D eigenvalue weighted by atomic mass is 79.9. The van der Waals surface area contributed by atoms with E-state index >= 15 is 0 Å². The highest BCUT2D eigenvalue weighted by molar-refractivity contribution is 9.10. The van der Waals surface area contributed by atoms with Crippen molar-refractivity contribution in [3.05, 3.63) is 27.2 Å². The minimum absolute atomic E-state index is 0.102. The lowest BCUT2D eigenvalue weighted by atomic mass is 10.1. The summed E-state index contributed by atoms with van der Waals surface area (Å²) < 4.78 is 0.358. The predicted molar refractivity (Wildman–Crippen MR) is 50.8 cm³/mol. The molecule has 0 atom stereocenters. The molecular formula is C8H6BrClO2. The summed E-state index contributed by atoms with van der Waals surface area (Å²) in [6.07, 6.45) is 0. The maximum absolute atomic E-state index is 10.9. The summed E-state index contributed by atoms with van der Waals surface area (Å²) in [7, 11) is 0. The molecule has 1 N–H and O–H groups in total. The van der Waals surface area contributed by atoms with E-state index in [1.165, 1.54) is 13.0 Å². The van der Waals surface area contributed by atoms with Crippen LogP contribution in [0.4, 0.5) is 0 Å². The number of aromatic hydroxyl groups is 1. The van der Waals surface area contributed by atoms with Gasteiger partial charge in [0.2, 0.25) is 0 Å². The van der Waals surface area contributed by atoms with E-state index in [0.717, 1.165) is 0 Å². The van der Waals surface area contributed by atoms with Crippen LogP contribution in [0.25, 0.3) is 0 Å². The van der Waals surface area contributed by atoms with Gasteiger partial charge in [0.1, 0.15) is 5.75 Å². The Morgan fingerprint density at radius 1 is 1.58 bits per heavy atom. The first-order chi connectivity index (χ1) is 5.54. The van der Waals surface area contributed by atoms with Gasteiger partial charge in [-0.3, -0.25) is 4.79 Å². The Balaban J connectivity index is 3.36. The van der Waals surface area contributed by atoms with Crippen LogP contribution in [0.15, 0.2) is 16.6 Å². The van der Waals surface area contributed by atoms with Gasteiger partial charge in [0.25, 0.3) is 0 Å². The van der Waals surface area contributed by atoms with Crippen LogP contribution in [-0.4, -0.2) is 10.9 Å². The van der Waals surface area contributed by atoms with Gasteiger partial charge in [0.15, 0.2) is 5.78 Å². The average Bonchev–Trinajstić information content (AvgIpc) is 2.00. The topological polar surface area (TPSA) is 37.3 Å². The Labute approximate surface area is 83.3 Å². The number of halogens is 2. The van der Waals surface area contributed by atoms with E-state index in [2.05, 4.69) is 15.9 Å². The summed E-state index contributed by atoms with van der Waals surface area (Å²) in [5.74, 6) is -0.292. The molecule has 0 saturated carbocycles. The van der Waals surface area contributed by atoms with E-state index < -0.39 is 0 Å². The zero-order valence-corrected chi connectivity index (χ0v) is 8.61. The van der Waals surface area contributed by atoms with Crippen LogP contribution in [0.2, 0.25) is 5.02 Å². The summed E-state index contributed by atoms with van der Waals surface area (Å²) in [5.41, 5.74) is 0.270. The number of carbonyl (C=O) groups excluding carboxylic acids is 1. The first kappa shape index (κ1) is 9.55. The van der Waals surface area contributed by atoms with Gasteiger partial charge in [-0.05, 0) is 35.0 Å². The van der Waals surface area contributed by atoms with Gasteiger partial charge >= 0.3 is 0 Å². The summed E-state index contributed by atoms with van der Waals surface area (Å²) in [6.45, 7) is 1.38. The highest BCUT2D eigenvalue weighted by Crippen LogP contribution is 2.34. The van der Waals surface area contributed by atoms with Crippen molar-refractivity contribution in [3.8, 4) is 5.75 Å². The number of phenols is 1. The molecule has 0 radical (unpaired) electrons. The van der Waals surface area contributed by atoms with E-state index in [4.69, 9.17) is 11.6 Å². The number of phenolic OH excluding ortho intramolecular Hbond substituents is 1. The number of hydrogen-bond donors (Lipinski definition) is 1. The van der Waals surface area contributed by atoms with Crippen molar-refractivity contribution in [1.82, 2.24) is 0 Å². The zero-order valence-electron chi connectivity index (χ0n) is 6.27. The van der Waals surface area contributed by atoms with E-state index in [1.807, 2.05) is 0 Å². The number of carbonyl (C=O) groups is 1. The van der Waals surface area contributed by atoms with Crippen molar-refractivity contribution >= 4 is 33.3 Å². The second-order valence-electron chi connectivity index (χ2n) is 2.31. The Morgan fingerprint density at radius 3 is 2.67 bits per heavy atom. The molecule has 1 aromatic rings. The first-order valence-corrected chi connectivity index (χ1v) is 4.39. The third-order valence-electron chi connectivity index (χ3n) is 1.45. The molecular weight excluding hydrogens is 243 g/mol. The van der Waals surface area contributed by atoms with Crippen molar-refractivity contribution in [3.63, 3.8) is 0 Å². The number of ketones is 1. The minimum atomic E-state index is -0.190. The molecule has 0 unspecified atom stereocenters. The largest absolute Gasteiger partial charge is 0.506 e. The zero-order chi connectivity index (χ0) is 9.30. The average molecular weight is 249 g/mol. The number of hydrogen-bond acceptors (Lipinski definition) is 2. The standard InChI is InChI=1S/C8H6BrClO2/c1-4(11)5-2-3-6(10)7(9)8(5)12/h2-3,12H,1H3. The molecule has 0 aliphatic heterocycles. The van der Waals surface area contributed by atoms with Gasteiger partial charge in [0.05, 0.1) is 15.1 Å². The lowest BCUT2D eigenvalue weighted by Crippen LogP contribution is -1.92. The van der Waals surface area contributed by atoms with E-state index in [9.17, 15) is 9.90 Å². The van der Waals surface area contributed by atoms with Crippen LogP contribution >= 0.6 is 27.5 Å². The van der Waals surface area contributed by atoms with Crippen molar-refractivity contribution in [2.24, 2.45) is 0 Å². The van der Waals surface area contributed by atoms with E-state index in [0.29, 0.717) is 9.50 Å². The fraction of sp³-hybridized carbons (Fsp3) is 0.125. The molecule has 0 amide bonds. The van der Waals surface area contributed by atoms with Gasteiger partial charge < -0.3 is 5.11 Å². The third-order valence-corrected chi connectivity index (χ3v) is 2.79. The third kappa shape index (κ3) is 1.62. The van der Waals surface area contributed by atoms with E-state index in [1.54, 1.807) is 6.07 Å². The lowest BCUT2D eigenvalue weighted by Gasteiger charge is -2.03. The van der Waals surface area contributed by atoms with Crippen molar-refractivity contribution in [1.29, 1.82) is 0 Å². The molecule has 64 valence electrons. The fourth-order valence-corrected chi connectivity index (χ4v) is 1.32. The quantitative estimate of drug-likeness (QED) is 0.777.